The van der Waals surface area contributed by atoms with E-state index in [1.165, 1.54) is 19.2 Å². The highest BCUT2D eigenvalue weighted by Crippen LogP contribution is 2.33. The maximum atomic E-state index is 13.0. The molecule has 23 heavy (non-hydrogen) atoms. The minimum Gasteiger partial charge on any atom is -0.357 e. The number of hydrogen-bond donors (Lipinski definition) is 2. The second kappa shape index (κ2) is 6.60. The molecular formula is C16H19F3N2O2. The van der Waals surface area contributed by atoms with Crippen LogP contribution in [-0.2, 0) is 11.0 Å². The van der Waals surface area contributed by atoms with E-state index in [0.717, 1.165) is 31.4 Å². The van der Waals surface area contributed by atoms with Crippen LogP contribution in [0.5, 0.6) is 0 Å². The first-order chi connectivity index (χ1) is 10.8. The zero-order valence-corrected chi connectivity index (χ0v) is 12.8. The molecule has 0 saturated heterocycles. The van der Waals surface area contributed by atoms with Crippen molar-refractivity contribution in [3.8, 4) is 0 Å². The third kappa shape index (κ3) is 3.65. The zero-order chi connectivity index (χ0) is 17.1. The van der Waals surface area contributed by atoms with Crippen LogP contribution < -0.4 is 10.6 Å². The van der Waals surface area contributed by atoms with E-state index < -0.39 is 28.7 Å². The summed E-state index contributed by atoms with van der Waals surface area (Å²) >= 11 is 0. The number of nitrogens with one attached hydrogen (secondary N) is 2. The predicted molar refractivity (Wildman–Crippen MR) is 78.8 cm³/mol. The molecule has 1 aliphatic carbocycles. The molecule has 0 heterocycles. The topological polar surface area (TPSA) is 58.2 Å². The van der Waals surface area contributed by atoms with Crippen LogP contribution in [0, 0.1) is 0 Å². The lowest BCUT2D eigenvalue weighted by molar-refractivity contribution is -0.137. The summed E-state index contributed by atoms with van der Waals surface area (Å²) in [5.41, 5.74) is -2.60. The van der Waals surface area contributed by atoms with Gasteiger partial charge in [-0.2, -0.15) is 13.2 Å². The van der Waals surface area contributed by atoms with Crippen molar-refractivity contribution >= 4 is 11.8 Å². The number of halogens is 3. The lowest BCUT2D eigenvalue weighted by Crippen LogP contribution is -2.59. The van der Waals surface area contributed by atoms with Crippen LogP contribution in [0.25, 0.3) is 0 Å². The second-order valence-electron chi connectivity index (χ2n) is 5.72. The Morgan fingerprint density at radius 3 is 2.26 bits per heavy atom. The quantitative estimate of drug-likeness (QED) is 0.896. The first-order valence-electron chi connectivity index (χ1n) is 7.51. The Kier molecular flexibility index (Phi) is 4.97. The van der Waals surface area contributed by atoms with Gasteiger partial charge in [-0.1, -0.05) is 31.4 Å². The Labute approximate surface area is 132 Å². The molecule has 1 saturated carbocycles. The molecule has 2 N–H and O–H groups in total. The number of likely N-dealkylation sites (N-methyl/N-ethyl adjacent to an activating group) is 1. The van der Waals surface area contributed by atoms with Gasteiger partial charge in [0.1, 0.15) is 5.54 Å². The average Bonchev–Trinajstić information content (AvgIpc) is 2.54. The summed E-state index contributed by atoms with van der Waals surface area (Å²) in [6, 6.07) is 4.59. The van der Waals surface area contributed by atoms with E-state index in [9.17, 15) is 22.8 Å². The van der Waals surface area contributed by atoms with Crippen molar-refractivity contribution in [1.82, 2.24) is 10.6 Å². The number of amides is 2. The summed E-state index contributed by atoms with van der Waals surface area (Å²) < 4.78 is 39.1. The fraction of sp³-hybridized carbons (Fsp3) is 0.500. The second-order valence-corrected chi connectivity index (χ2v) is 5.72. The van der Waals surface area contributed by atoms with E-state index in [-0.39, 0.29) is 5.91 Å². The lowest BCUT2D eigenvalue weighted by Gasteiger charge is -2.36. The maximum Gasteiger partial charge on any atom is 0.417 e. The molecule has 0 unspecified atom stereocenters. The van der Waals surface area contributed by atoms with E-state index in [2.05, 4.69) is 10.6 Å². The van der Waals surface area contributed by atoms with Crippen LogP contribution in [0.15, 0.2) is 24.3 Å². The molecule has 0 radical (unpaired) electrons. The summed E-state index contributed by atoms with van der Waals surface area (Å²) in [6.45, 7) is 0. The highest BCUT2D eigenvalue weighted by Gasteiger charge is 2.42. The normalized spacial score (nSPS) is 17.4. The van der Waals surface area contributed by atoms with Gasteiger partial charge in [-0.3, -0.25) is 9.59 Å². The number of carbonyl (C=O) groups excluding carboxylic acids is 2. The first-order valence-corrected chi connectivity index (χ1v) is 7.51. The zero-order valence-electron chi connectivity index (χ0n) is 12.8. The molecule has 7 heteroatoms. The van der Waals surface area contributed by atoms with E-state index in [0.29, 0.717) is 12.8 Å². The monoisotopic (exact) mass is 328 g/mol. The van der Waals surface area contributed by atoms with Gasteiger partial charge in [0, 0.05) is 7.05 Å². The van der Waals surface area contributed by atoms with Gasteiger partial charge in [0.25, 0.3) is 5.91 Å². The first kappa shape index (κ1) is 17.3. The van der Waals surface area contributed by atoms with Gasteiger partial charge in [0.2, 0.25) is 5.91 Å². The van der Waals surface area contributed by atoms with Crippen LogP contribution in [-0.4, -0.2) is 24.4 Å². The van der Waals surface area contributed by atoms with E-state index in [1.54, 1.807) is 0 Å². The van der Waals surface area contributed by atoms with Crippen LogP contribution in [0.2, 0.25) is 0 Å². The smallest absolute Gasteiger partial charge is 0.357 e. The fourth-order valence-corrected chi connectivity index (χ4v) is 3.02. The summed E-state index contributed by atoms with van der Waals surface area (Å²) in [7, 11) is 1.45. The molecule has 2 rings (SSSR count). The van der Waals surface area contributed by atoms with Gasteiger partial charge < -0.3 is 10.6 Å². The Morgan fingerprint density at radius 1 is 1.09 bits per heavy atom. The summed E-state index contributed by atoms with van der Waals surface area (Å²) in [5.74, 6) is -1.24. The maximum absolute atomic E-state index is 13.0. The van der Waals surface area contributed by atoms with Crippen molar-refractivity contribution in [3.05, 3.63) is 35.4 Å². The van der Waals surface area contributed by atoms with Gasteiger partial charge >= 0.3 is 6.18 Å². The van der Waals surface area contributed by atoms with Gasteiger partial charge in [0.15, 0.2) is 0 Å². The minimum absolute atomic E-state index is 0.366. The summed E-state index contributed by atoms with van der Waals surface area (Å²) in [4.78, 5) is 24.6. The van der Waals surface area contributed by atoms with Crippen molar-refractivity contribution < 1.29 is 22.8 Å². The molecule has 1 aliphatic rings. The van der Waals surface area contributed by atoms with Crippen LogP contribution in [0.1, 0.15) is 48.0 Å². The van der Waals surface area contributed by atoms with Gasteiger partial charge in [-0.15, -0.1) is 0 Å². The predicted octanol–water partition coefficient (Wildman–Crippen LogP) is 2.88. The average molecular weight is 328 g/mol. The SMILES string of the molecule is CNC(=O)C1(NC(=O)c2ccccc2C(F)(F)F)CCCCC1. The standard InChI is InChI=1S/C16H19F3N2O2/c1-20-14(23)15(9-5-2-6-10-15)21-13(22)11-7-3-4-8-12(11)16(17,18)19/h3-4,7-8H,2,5-6,9-10H2,1H3,(H,20,23)(H,21,22). The molecule has 2 amide bonds. The Bertz CT molecular complexity index is 593. The Morgan fingerprint density at radius 2 is 1.70 bits per heavy atom. The van der Waals surface area contributed by atoms with Gasteiger partial charge in [0.05, 0.1) is 11.1 Å². The van der Waals surface area contributed by atoms with E-state index >= 15 is 0 Å². The molecule has 0 spiro atoms. The molecule has 1 fully saturated rings. The van der Waals surface area contributed by atoms with Crippen LogP contribution >= 0.6 is 0 Å². The van der Waals surface area contributed by atoms with Crippen LogP contribution in [0.4, 0.5) is 13.2 Å². The van der Waals surface area contributed by atoms with Gasteiger partial charge in [-0.25, -0.2) is 0 Å². The molecule has 0 aromatic heterocycles. The van der Waals surface area contributed by atoms with Crippen LogP contribution in [0.3, 0.4) is 0 Å². The molecule has 1 aromatic rings. The highest BCUT2D eigenvalue weighted by atomic mass is 19.4. The van der Waals surface area contributed by atoms with Crippen molar-refractivity contribution in [2.24, 2.45) is 0 Å². The van der Waals surface area contributed by atoms with Crippen molar-refractivity contribution in [2.45, 2.75) is 43.8 Å². The molecule has 0 aliphatic heterocycles. The van der Waals surface area contributed by atoms with Crippen molar-refractivity contribution in [2.75, 3.05) is 7.05 Å². The van der Waals surface area contributed by atoms with E-state index in [1.807, 2.05) is 0 Å². The Balaban J connectivity index is 2.32. The number of benzene rings is 1. The largest absolute Gasteiger partial charge is 0.417 e. The van der Waals surface area contributed by atoms with Gasteiger partial charge in [-0.05, 0) is 25.0 Å². The summed E-state index contributed by atoms with van der Waals surface area (Å²) in [6.07, 6.45) is -1.35. The molecule has 4 nitrogen and oxygen atoms in total. The number of carbonyl (C=O) groups is 2. The third-order valence-electron chi connectivity index (χ3n) is 4.20. The van der Waals surface area contributed by atoms with E-state index in [4.69, 9.17) is 0 Å². The molecule has 126 valence electrons. The van der Waals surface area contributed by atoms with Crippen molar-refractivity contribution in [1.29, 1.82) is 0 Å². The molecule has 0 atom stereocenters. The minimum atomic E-state index is -4.62. The Hall–Kier alpha value is -2.05. The highest BCUT2D eigenvalue weighted by molar-refractivity contribution is 6.00. The molecular weight excluding hydrogens is 309 g/mol. The number of hydrogen-bond acceptors (Lipinski definition) is 2. The third-order valence-corrected chi connectivity index (χ3v) is 4.20. The van der Waals surface area contributed by atoms with Crippen molar-refractivity contribution in [3.63, 3.8) is 0 Å². The number of alkyl halides is 3. The fourth-order valence-electron chi connectivity index (χ4n) is 3.02. The molecule has 0 bridgehead atoms. The summed E-state index contributed by atoms with van der Waals surface area (Å²) in [5, 5.41) is 5.06. The lowest BCUT2D eigenvalue weighted by atomic mass is 9.80. The molecule has 1 aromatic carbocycles. The number of rotatable bonds is 3.